The molecule has 0 bridgehead atoms. The molecule has 1 aliphatic carbocycles. The van der Waals surface area contributed by atoms with Gasteiger partial charge in [-0.25, -0.2) is 0 Å². The second-order valence-corrected chi connectivity index (χ2v) is 7.04. The molecule has 2 aromatic rings. The van der Waals surface area contributed by atoms with Crippen molar-refractivity contribution in [1.29, 1.82) is 5.26 Å². The van der Waals surface area contributed by atoms with Gasteiger partial charge in [-0.3, -0.25) is 9.59 Å². The Morgan fingerprint density at radius 1 is 1.22 bits per heavy atom. The third-order valence-corrected chi connectivity index (χ3v) is 4.73. The fourth-order valence-corrected chi connectivity index (χ4v) is 3.04. The highest BCUT2D eigenvalue weighted by Gasteiger charge is 2.58. The van der Waals surface area contributed by atoms with Gasteiger partial charge < -0.3 is 5.32 Å². The molecule has 1 aliphatic rings. The number of halogens is 2. The molecule has 0 spiro atoms. The molecule has 1 saturated carbocycles. The largest absolute Gasteiger partial charge is 0.324 e. The van der Waals surface area contributed by atoms with E-state index in [-0.39, 0.29) is 6.42 Å². The van der Waals surface area contributed by atoms with Crippen LogP contribution in [0.25, 0.3) is 10.8 Å². The van der Waals surface area contributed by atoms with Crippen LogP contribution in [0.5, 0.6) is 0 Å². The summed E-state index contributed by atoms with van der Waals surface area (Å²) in [4.78, 5) is 24.5. The molecule has 0 saturated heterocycles. The van der Waals surface area contributed by atoms with Gasteiger partial charge in [0, 0.05) is 11.1 Å². The van der Waals surface area contributed by atoms with Gasteiger partial charge in [0.25, 0.3) is 0 Å². The molecule has 1 fully saturated rings. The summed E-state index contributed by atoms with van der Waals surface area (Å²) in [6.45, 7) is 0. The van der Waals surface area contributed by atoms with E-state index in [2.05, 4.69) is 5.32 Å². The van der Waals surface area contributed by atoms with Gasteiger partial charge in [-0.15, -0.1) is 23.2 Å². The van der Waals surface area contributed by atoms with Crippen LogP contribution in [-0.2, 0) is 9.59 Å². The first-order valence-electron chi connectivity index (χ1n) is 7.04. The van der Waals surface area contributed by atoms with Crippen molar-refractivity contribution in [2.75, 3.05) is 5.32 Å². The number of carbonyl (C=O) groups excluding carboxylic acids is 2. The first kappa shape index (κ1) is 15.8. The number of rotatable bonds is 4. The lowest BCUT2D eigenvalue weighted by molar-refractivity contribution is -0.129. The molecule has 2 atom stereocenters. The van der Waals surface area contributed by atoms with E-state index in [1.54, 1.807) is 18.2 Å². The molecule has 1 amide bonds. The Bertz CT molecular complexity index is 837. The summed E-state index contributed by atoms with van der Waals surface area (Å²) < 4.78 is -1.15. The van der Waals surface area contributed by atoms with Crippen LogP contribution in [0.2, 0.25) is 0 Å². The molecular formula is C17H12Cl2N2O2. The van der Waals surface area contributed by atoms with E-state index >= 15 is 0 Å². The van der Waals surface area contributed by atoms with E-state index in [1.165, 1.54) is 0 Å². The summed E-state index contributed by atoms with van der Waals surface area (Å²) in [5.41, 5.74) is 0.556. The highest BCUT2D eigenvalue weighted by Crippen LogP contribution is 2.54. The van der Waals surface area contributed by atoms with E-state index in [1.807, 2.05) is 30.3 Å². The van der Waals surface area contributed by atoms with Crippen LogP contribution in [0.15, 0.2) is 42.5 Å². The SMILES string of the molecule is N#CC(C(=O)Nc1cccc2ccccc12)C(=O)C1CC1(Cl)Cl. The standard InChI is InChI=1S/C17H12Cl2N2O2/c18-17(19)8-13(17)15(22)12(9-20)16(23)21-14-7-3-5-10-4-1-2-6-11(10)14/h1-7,12-13H,8H2,(H,21,23). The zero-order valence-corrected chi connectivity index (χ0v) is 13.4. The van der Waals surface area contributed by atoms with Gasteiger partial charge in [0.05, 0.1) is 12.0 Å². The molecular weight excluding hydrogens is 335 g/mol. The maximum atomic E-state index is 12.3. The van der Waals surface area contributed by atoms with Crippen LogP contribution in [0.3, 0.4) is 0 Å². The maximum Gasteiger partial charge on any atom is 0.249 e. The Balaban J connectivity index is 1.82. The van der Waals surface area contributed by atoms with Gasteiger partial charge in [-0.05, 0) is 17.9 Å². The normalized spacial score (nSPS) is 19.6. The van der Waals surface area contributed by atoms with Crippen LogP contribution >= 0.6 is 23.2 Å². The molecule has 0 aliphatic heterocycles. The molecule has 4 nitrogen and oxygen atoms in total. The molecule has 0 radical (unpaired) electrons. The van der Waals surface area contributed by atoms with Crippen LogP contribution < -0.4 is 5.32 Å². The van der Waals surface area contributed by atoms with Gasteiger partial charge in [0.15, 0.2) is 11.7 Å². The Kier molecular flexibility index (Phi) is 4.01. The van der Waals surface area contributed by atoms with Gasteiger partial charge in [0.1, 0.15) is 4.33 Å². The quantitative estimate of drug-likeness (QED) is 0.678. The van der Waals surface area contributed by atoms with Gasteiger partial charge in [-0.1, -0.05) is 36.4 Å². The molecule has 1 N–H and O–H groups in total. The highest BCUT2D eigenvalue weighted by atomic mass is 35.5. The predicted octanol–water partition coefficient (Wildman–Crippen LogP) is 3.68. The lowest BCUT2D eigenvalue weighted by atomic mass is 10.0. The number of carbonyl (C=O) groups is 2. The van der Waals surface area contributed by atoms with E-state index in [4.69, 9.17) is 23.2 Å². The number of amides is 1. The van der Waals surface area contributed by atoms with Crippen LogP contribution in [0.1, 0.15) is 6.42 Å². The summed E-state index contributed by atoms with van der Waals surface area (Å²) >= 11 is 11.7. The minimum atomic E-state index is -1.42. The molecule has 2 unspecified atom stereocenters. The van der Waals surface area contributed by atoms with Crippen molar-refractivity contribution < 1.29 is 9.59 Å². The third-order valence-electron chi connectivity index (χ3n) is 3.89. The van der Waals surface area contributed by atoms with Gasteiger partial charge in [0.2, 0.25) is 5.91 Å². The average Bonchev–Trinajstić information content (AvgIpc) is 3.17. The first-order valence-corrected chi connectivity index (χ1v) is 7.79. The number of alkyl halides is 2. The van der Waals surface area contributed by atoms with Crippen molar-refractivity contribution in [3.8, 4) is 6.07 Å². The summed E-state index contributed by atoms with van der Waals surface area (Å²) in [7, 11) is 0. The summed E-state index contributed by atoms with van der Waals surface area (Å²) in [5.74, 6) is -3.27. The number of fused-ring (bicyclic) bond motifs is 1. The monoisotopic (exact) mass is 346 g/mol. The fraction of sp³-hybridized carbons (Fsp3) is 0.235. The number of hydrogen-bond acceptors (Lipinski definition) is 3. The Hall–Kier alpha value is -2.09. The van der Waals surface area contributed by atoms with E-state index in [9.17, 15) is 14.9 Å². The number of benzene rings is 2. The van der Waals surface area contributed by atoms with Crippen molar-refractivity contribution in [3.63, 3.8) is 0 Å². The van der Waals surface area contributed by atoms with Crippen molar-refractivity contribution >= 4 is 51.4 Å². The number of hydrogen-bond donors (Lipinski definition) is 1. The second kappa shape index (κ2) is 5.84. The Morgan fingerprint density at radius 3 is 2.52 bits per heavy atom. The number of nitrogens with one attached hydrogen (secondary N) is 1. The zero-order chi connectivity index (χ0) is 16.6. The van der Waals surface area contributed by atoms with Gasteiger partial charge in [-0.2, -0.15) is 5.26 Å². The predicted molar refractivity (Wildman–Crippen MR) is 89.2 cm³/mol. The van der Waals surface area contributed by atoms with Crippen LogP contribution in [0.4, 0.5) is 5.69 Å². The molecule has 0 heterocycles. The lowest BCUT2D eigenvalue weighted by Gasteiger charge is -2.11. The zero-order valence-electron chi connectivity index (χ0n) is 11.9. The average molecular weight is 347 g/mol. The highest BCUT2D eigenvalue weighted by molar-refractivity contribution is 6.52. The molecule has 3 rings (SSSR count). The second-order valence-electron chi connectivity index (χ2n) is 5.50. The van der Waals surface area contributed by atoms with Crippen LogP contribution in [0, 0.1) is 23.2 Å². The molecule has 116 valence electrons. The van der Waals surface area contributed by atoms with Crippen molar-refractivity contribution in [3.05, 3.63) is 42.5 Å². The number of nitrogens with zero attached hydrogens (tertiary/aromatic N) is 1. The fourth-order valence-electron chi connectivity index (χ4n) is 2.51. The Morgan fingerprint density at radius 2 is 1.87 bits per heavy atom. The van der Waals surface area contributed by atoms with E-state index in [0.717, 1.165) is 10.8 Å². The summed E-state index contributed by atoms with van der Waals surface area (Å²) in [6.07, 6.45) is 0.272. The smallest absolute Gasteiger partial charge is 0.249 e. The van der Waals surface area contributed by atoms with Crippen LogP contribution in [-0.4, -0.2) is 16.0 Å². The van der Waals surface area contributed by atoms with E-state index < -0.39 is 27.9 Å². The number of nitriles is 1. The number of anilines is 1. The summed E-state index contributed by atoms with van der Waals surface area (Å²) in [6, 6.07) is 14.7. The van der Waals surface area contributed by atoms with E-state index in [0.29, 0.717) is 5.69 Å². The maximum absolute atomic E-state index is 12.3. The van der Waals surface area contributed by atoms with Crippen molar-refractivity contribution in [2.24, 2.45) is 11.8 Å². The molecule has 6 heteroatoms. The number of ketones is 1. The minimum Gasteiger partial charge on any atom is -0.324 e. The van der Waals surface area contributed by atoms with Crippen molar-refractivity contribution in [2.45, 2.75) is 10.8 Å². The van der Waals surface area contributed by atoms with Gasteiger partial charge >= 0.3 is 0 Å². The first-order chi connectivity index (χ1) is 10.9. The lowest BCUT2D eigenvalue weighted by Crippen LogP contribution is -2.30. The topological polar surface area (TPSA) is 70.0 Å². The molecule has 23 heavy (non-hydrogen) atoms. The molecule has 0 aromatic heterocycles. The van der Waals surface area contributed by atoms with Crippen molar-refractivity contribution in [1.82, 2.24) is 0 Å². The third kappa shape index (κ3) is 3.03. The molecule has 2 aromatic carbocycles. The summed E-state index contributed by atoms with van der Waals surface area (Å²) in [5, 5.41) is 13.6. The minimum absolute atomic E-state index is 0.272. The number of Topliss-reactive ketones (excluding diaryl/α,β-unsaturated/α-hetero) is 1. The Labute approximate surface area is 143 Å².